The molecule has 23 heavy (non-hydrogen) atoms. The summed E-state index contributed by atoms with van der Waals surface area (Å²) in [5, 5.41) is 0.241. The fraction of sp³-hybridized carbons (Fsp3) is 0.188. The van der Waals surface area contributed by atoms with Gasteiger partial charge in [-0.3, -0.25) is 10.2 Å². The number of sulfonamides is 1. The molecule has 0 heterocycles. The van der Waals surface area contributed by atoms with Crippen molar-refractivity contribution in [2.45, 2.75) is 24.7 Å². The zero-order valence-electron chi connectivity index (χ0n) is 12.7. The molecule has 0 atom stereocenters. The lowest BCUT2D eigenvalue weighted by Crippen LogP contribution is -2.41. The van der Waals surface area contributed by atoms with Crippen LogP contribution in [0.2, 0.25) is 5.02 Å². The minimum atomic E-state index is -3.84. The van der Waals surface area contributed by atoms with Crippen LogP contribution in [0.3, 0.4) is 0 Å². The number of amides is 1. The highest BCUT2D eigenvalue weighted by Crippen LogP contribution is 2.17. The standard InChI is InChI=1S/C16H17ClN2O3S/c1-11(2)12-7-9-13(10-8-12)23(21,22)19-18-16(20)14-5-3-4-6-15(14)17/h3-11,19H,1-2H3,(H,18,20). The van der Waals surface area contributed by atoms with Gasteiger partial charge >= 0.3 is 0 Å². The molecule has 5 nitrogen and oxygen atoms in total. The van der Waals surface area contributed by atoms with E-state index in [9.17, 15) is 13.2 Å². The van der Waals surface area contributed by atoms with Crippen molar-refractivity contribution < 1.29 is 13.2 Å². The van der Waals surface area contributed by atoms with Gasteiger partial charge in [0.2, 0.25) is 0 Å². The molecule has 2 aromatic carbocycles. The van der Waals surface area contributed by atoms with E-state index in [1.54, 1.807) is 30.3 Å². The topological polar surface area (TPSA) is 75.3 Å². The number of carbonyl (C=O) groups is 1. The Bertz CT molecular complexity index is 802. The van der Waals surface area contributed by atoms with E-state index in [0.29, 0.717) is 5.92 Å². The van der Waals surface area contributed by atoms with Gasteiger partial charge in [-0.25, -0.2) is 8.42 Å². The maximum atomic E-state index is 12.2. The van der Waals surface area contributed by atoms with Crippen molar-refractivity contribution in [3.8, 4) is 0 Å². The number of halogens is 1. The van der Waals surface area contributed by atoms with E-state index in [0.717, 1.165) is 5.56 Å². The molecule has 0 spiro atoms. The van der Waals surface area contributed by atoms with Crippen LogP contribution in [0.15, 0.2) is 53.4 Å². The molecule has 0 aromatic heterocycles. The minimum absolute atomic E-state index is 0.0707. The highest BCUT2D eigenvalue weighted by Gasteiger charge is 2.17. The SMILES string of the molecule is CC(C)c1ccc(S(=O)(=O)NNC(=O)c2ccccc2Cl)cc1. The molecule has 2 rings (SSSR count). The first-order valence-corrected chi connectivity index (χ1v) is 8.84. The van der Waals surface area contributed by atoms with Gasteiger partial charge in [-0.1, -0.05) is 49.7 Å². The third-order valence-electron chi connectivity index (χ3n) is 3.27. The normalized spacial score (nSPS) is 11.5. The predicted molar refractivity (Wildman–Crippen MR) is 89.8 cm³/mol. The van der Waals surface area contributed by atoms with Crippen LogP contribution in [0.4, 0.5) is 0 Å². The fourth-order valence-corrected chi connectivity index (χ4v) is 2.98. The van der Waals surface area contributed by atoms with Gasteiger partial charge in [0.1, 0.15) is 0 Å². The van der Waals surface area contributed by atoms with Crippen LogP contribution in [0, 0.1) is 0 Å². The second kappa shape index (κ2) is 7.12. The monoisotopic (exact) mass is 352 g/mol. The van der Waals surface area contributed by atoms with Gasteiger partial charge in [-0.15, -0.1) is 4.83 Å². The van der Waals surface area contributed by atoms with Crippen molar-refractivity contribution in [2.75, 3.05) is 0 Å². The summed E-state index contributed by atoms with van der Waals surface area (Å²) in [7, 11) is -3.84. The predicted octanol–water partition coefficient (Wildman–Crippen LogP) is 3.09. The maximum absolute atomic E-state index is 12.2. The van der Waals surface area contributed by atoms with Gasteiger partial charge in [-0.05, 0) is 35.7 Å². The Balaban J connectivity index is 2.10. The first-order chi connectivity index (χ1) is 10.8. The van der Waals surface area contributed by atoms with Crippen LogP contribution in [-0.4, -0.2) is 14.3 Å². The van der Waals surface area contributed by atoms with E-state index < -0.39 is 15.9 Å². The fourth-order valence-electron chi connectivity index (χ4n) is 1.92. The van der Waals surface area contributed by atoms with Crippen LogP contribution in [0.5, 0.6) is 0 Å². The van der Waals surface area contributed by atoms with Gasteiger partial charge < -0.3 is 0 Å². The summed E-state index contributed by atoms with van der Waals surface area (Å²) in [5.41, 5.74) is 3.37. The Labute approximate surface area is 140 Å². The molecule has 0 radical (unpaired) electrons. The van der Waals surface area contributed by atoms with E-state index in [1.165, 1.54) is 18.2 Å². The first-order valence-electron chi connectivity index (χ1n) is 6.98. The third kappa shape index (κ3) is 4.31. The molecule has 0 saturated heterocycles. The molecular formula is C16H17ClN2O3S. The van der Waals surface area contributed by atoms with E-state index >= 15 is 0 Å². The Morgan fingerprint density at radius 3 is 2.22 bits per heavy atom. The van der Waals surface area contributed by atoms with Crippen molar-refractivity contribution in [2.24, 2.45) is 0 Å². The zero-order chi connectivity index (χ0) is 17.0. The molecule has 7 heteroatoms. The van der Waals surface area contributed by atoms with Crippen LogP contribution < -0.4 is 10.3 Å². The molecule has 0 aliphatic carbocycles. The number of rotatable bonds is 5. The summed E-state index contributed by atoms with van der Waals surface area (Å²) < 4.78 is 24.4. The second-order valence-electron chi connectivity index (χ2n) is 5.26. The molecule has 0 aliphatic rings. The number of hydrogen-bond donors (Lipinski definition) is 2. The summed E-state index contributed by atoms with van der Waals surface area (Å²) in [6.07, 6.45) is 0. The van der Waals surface area contributed by atoms with Gasteiger partial charge in [0, 0.05) is 0 Å². The quantitative estimate of drug-likeness (QED) is 0.812. The summed E-state index contributed by atoms with van der Waals surface area (Å²) >= 11 is 5.90. The van der Waals surface area contributed by atoms with Crippen molar-refractivity contribution >= 4 is 27.5 Å². The molecule has 1 amide bonds. The van der Waals surface area contributed by atoms with Gasteiger partial charge in [-0.2, -0.15) is 0 Å². The highest BCUT2D eigenvalue weighted by atomic mass is 35.5. The highest BCUT2D eigenvalue weighted by molar-refractivity contribution is 7.89. The number of benzene rings is 2. The smallest absolute Gasteiger partial charge is 0.267 e. The molecule has 122 valence electrons. The lowest BCUT2D eigenvalue weighted by molar-refractivity contribution is 0.0945. The summed E-state index contributed by atoms with van der Waals surface area (Å²) in [6.45, 7) is 4.04. The second-order valence-corrected chi connectivity index (χ2v) is 7.35. The van der Waals surface area contributed by atoms with Crippen LogP contribution in [-0.2, 0) is 10.0 Å². The molecule has 0 unspecified atom stereocenters. The van der Waals surface area contributed by atoms with E-state index in [1.807, 2.05) is 13.8 Å². The lowest BCUT2D eigenvalue weighted by Gasteiger charge is -2.10. The van der Waals surface area contributed by atoms with Gasteiger partial charge in [0.15, 0.2) is 0 Å². The Morgan fingerprint density at radius 1 is 1.04 bits per heavy atom. The molecule has 0 aliphatic heterocycles. The van der Waals surface area contributed by atoms with Gasteiger partial charge in [0.05, 0.1) is 15.5 Å². The van der Waals surface area contributed by atoms with Crippen LogP contribution >= 0.6 is 11.6 Å². The van der Waals surface area contributed by atoms with Crippen molar-refractivity contribution in [3.05, 3.63) is 64.7 Å². The van der Waals surface area contributed by atoms with Crippen molar-refractivity contribution in [1.29, 1.82) is 0 Å². The van der Waals surface area contributed by atoms with E-state index in [2.05, 4.69) is 10.3 Å². The maximum Gasteiger partial charge on any atom is 0.267 e. The number of carbonyl (C=O) groups excluding carboxylic acids is 1. The summed E-state index contributed by atoms with van der Waals surface area (Å²) in [5.74, 6) is -0.322. The molecule has 2 N–H and O–H groups in total. The van der Waals surface area contributed by atoms with Crippen LogP contribution in [0.25, 0.3) is 0 Å². The first kappa shape index (κ1) is 17.5. The molecule has 0 saturated carbocycles. The average molecular weight is 353 g/mol. The Kier molecular flexibility index (Phi) is 5.41. The molecule has 2 aromatic rings. The largest absolute Gasteiger partial charge is 0.273 e. The molecular weight excluding hydrogens is 336 g/mol. The number of nitrogens with one attached hydrogen (secondary N) is 2. The Hall–Kier alpha value is -1.89. The number of hydrazine groups is 1. The molecule has 0 bridgehead atoms. The molecule has 0 fully saturated rings. The number of hydrogen-bond acceptors (Lipinski definition) is 3. The summed E-state index contributed by atoms with van der Waals surface area (Å²) in [6, 6.07) is 12.9. The van der Waals surface area contributed by atoms with E-state index in [-0.39, 0.29) is 15.5 Å². The third-order valence-corrected chi connectivity index (χ3v) is 4.87. The van der Waals surface area contributed by atoms with E-state index in [4.69, 9.17) is 11.6 Å². The van der Waals surface area contributed by atoms with Crippen molar-refractivity contribution in [1.82, 2.24) is 10.3 Å². The average Bonchev–Trinajstić information content (AvgIpc) is 2.53. The zero-order valence-corrected chi connectivity index (χ0v) is 14.3. The Morgan fingerprint density at radius 2 is 1.65 bits per heavy atom. The summed E-state index contributed by atoms with van der Waals surface area (Å²) in [4.78, 5) is 14.1. The van der Waals surface area contributed by atoms with Gasteiger partial charge in [0.25, 0.3) is 15.9 Å². The van der Waals surface area contributed by atoms with Crippen LogP contribution in [0.1, 0.15) is 35.7 Å². The minimum Gasteiger partial charge on any atom is -0.273 e. The van der Waals surface area contributed by atoms with Crippen molar-refractivity contribution in [3.63, 3.8) is 0 Å². The lowest BCUT2D eigenvalue weighted by atomic mass is 10.0.